The third-order valence-corrected chi connectivity index (χ3v) is 4.82. The second-order valence-corrected chi connectivity index (χ2v) is 8.47. The van der Waals surface area contributed by atoms with Crippen LogP contribution in [0.3, 0.4) is 0 Å². The number of carbonyl (C=O) groups excluding carboxylic acids is 2. The third-order valence-electron chi connectivity index (χ3n) is 4.82. The molecule has 0 fully saturated rings. The van der Waals surface area contributed by atoms with Crippen LogP contribution < -0.4 is 4.90 Å². The molecule has 28 heavy (non-hydrogen) atoms. The van der Waals surface area contributed by atoms with Gasteiger partial charge in [-0.1, -0.05) is 69.3 Å². The average molecular weight is 381 g/mol. The molecule has 0 N–H and O–H groups in total. The summed E-state index contributed by atoms with van der Waals surface area (Å²) in [5.41, 5.74) is 2.81. The molecule has 0 aliphatic heterocycles. The summed E-state index contributed by atoms with van der Waals surface area (Å²) >= 11 is 0. The number of nitrogens with zero attached hydrogens (tertiary/aromatic N) is 2. The maximum Gasteiger partial charge on any atom is 0.243 e. The van der Waals surface area contributed by atoms with Gasteiger partial charge in [-0.15, -0.1) is 0 Å². The number of hydrogen-bond donors (Lipinski definition) is 0. The number of benzene rings is 2. The summed E-state index contributed by atoms with van der Waals surface area (Å²) in [4.78, 5) is 29.1. The lowest BCUT2D eigenvalue weighted by Crippen LogP contribution is -2.45. The maximum atomic E-state index is 13.2. The Labute approximate surface area is 169 Å². The van der Waals surface area contributed by atoms with Gasteiger partial charge in [-0.3, -0.25) is 9.59 Å². The lowest BCUT2D eigenvalue weighted by atomic mass is 9.85. The van der Waals surface area contributed by atoms with Crippen molar-refractivity contribution in [2.45, 2.75) is 59.5 Å². The molecule has 0 aromatic heterocycles. The Morgan fingerprint density at radius 1 is 0.929 bits per heavy atom. The van der Waals surface area contributed by atoms with Gasteiger partial charge in [0, 0.05) is 25.2 Å². The van der Waals surface area contributed by atoms with Crippen molar-refractivity contribution in [2.75, 3.05) is 11.4 Å². The number of para-hydroxylation sites is 1. The van der Waals surface area contributed by atoms with E-state index >= 15 is 0 Å². The van der Waals surface area contributed by atoms with E-state index in [4.69, 9.17) is 0 Å². The average Bonchev–Trinajstić information content (AvgIpc) is 2.63. The van der Waals surface area contributed by atoms with Crippen LogP contribution in [0.5, 0.6) is 0 Å². The predicted molar refractivity (Wildman–Crippen MR) is 115 cm³/mol. The Balaban J connectivity index is 2.31. The summed E-state index contributed by atoms with van der Waals surface area (Å²) in [6, 6.07) is 17.8. The highest BCUT2D eigenvalue weighted by atomic mass is 16.2. The van der Waals surface area contributed by atoms with Gasteiger partial charge in [-0.05, 0) is 36.5 Å². The van der Waals surface area contributed by atoms with Gasteiger partial charge in [-0.2, -0.15) is 0 Å². The largest absolute Gasteiger partial charge is 0.334 e. The van der Waals surface area contributed by atoms with Crippen LogP contribution in [0.1, 0.15) is 52.7 Å². The van der Waals surface area contributed by atoms with E-state index in [9.17, 15) is 9.59 Å². The van der Waals surface area contributed by atoms with E-state index in [0.717, 1.165) is 16.8 Å². The number of amides is 2. The zero-order valence-corrected chi connectivity index (χ0v) is 17.9. The molecule has 2 aromatic carbocycles. The lowest BCUT2D eigenvalue weighted by Gasteiger charge is -2.32. The molecule has 0 heterocycles. The van der Waals surface area contributed by atoms with Crippen molar-refractivity contribution >= 4 is 17.5 Å². The van der Waals surface area contributed by atoms with Crippen LogP contribution in [-0.2, 0) is 21.5 Å². The highest BCUT2D eigenvalue weighted by molar-refractivity contribution is 5.98. The van der Waals surface area contributed by atoms with Crippen LogP contribution in [0.25, 0.3) is 0 Å². The summed E-state index contributed by atoms with van der Waals surface area (Å²) in [7, 11) is 0. The third kappa shape index (κ3) is 5.44. The van der Waals surface area contributed by atoms with Gasteiger partial charge in [0.2, 0.25) is 11.8 Å². The van der Waals surface area contributed by atoms with Gasteiger partial charge in [-0.25, -0.2) is 0 Å². The molecule has 0 aliphatic rings. The maximum absolute atomic E-state index is 13.2. The van der Waals surface area contributed by atoms with Crippen LogP contribution in [0.15, 0.2) is 54.6 Å². The molecule has 0 bridgehead atoms. The van der Waals surface area contributed by atoms with Crippen molar-refractivity contribution in [1.29, 1.82) is 0 Å². The summed E-state index contributed by atoms with van der Waals surface area (Å²) in [6.07, 6.45) is 0. The van der Waals surface area contributed by atoms with Gasteiger partial charge in [0.05, 0.1) is 0 Å². The highest BCUT2D eigenvalue weighted by Crippen LogP contribution is 2.32. The molecule has 2 rings (SSSR count). The second-order valence-electron chi connectivity index (χ2n) is 8.47. The Bertz CT molecular complexity index is 807. The first-order valence-electron chi connectivity index (χ1n) is 9.82. The smallest absolute Gasteiger partial charge is 0.243 e. The van der Waals surface area contributed by atoms with Crippen LogP contribution in [0.2, 0.25) is 0 Å². The Kier molecular flexibility index (Phi) is 7.00. The van der Waals surface area contributed by atoms with Crippen molar-refractivity contribution in [3.63, 3.8) is 0 Å². The monoisotopic (exact) mass is 380 g/mol. The van der Waals surface area contributed by atoms with E-state index in [2.05, 4.69) is 20.8 Å². The molecule has 4 nitrogen and oxygen atoms in total. The van der Waals surface area contributed by atoms with Crippen molar-refractivity contribution in [2.24, 2.45) is 0 Å². The molecule has 0 spiro atoms. The molecule has 150 valence electrons. The first-order chi connectivity index (χ1) is 13.1. The standard InChI is InChI=1S/C24H32N2O2/c1-18(2)25(16-20-12-8-7-9-13-20)23(28)17-26(19(3)27)22-15-11-10-14-21(22)24(4,5)6/h7-15,18H,16-17H2,1-6H3. The zero-order valence-electron chi connectivity index (χ0n) is 17.9. The Morgan fingerprint density at radius 3 is 2.04 bits per heavy atom. The predicted octanol–water partition coefficient (Wildman–Crippen LogP) is 4.77. The zero-order chi connectivity index (χ0) is 20.9. The SMILES string of the molecule is CC(=O)N(CC(=O)N(Cc1ccccc1)C(C)C)c1ccccc1C(C)(C)C. The molecule has 0 atom stereocenters. The second kappa shape index (κ2) is 9.05. The Morgan fingerprint density at radius 2 is 1.50 bits per heavy atom. The number of anilines is 1. The number of rotatable bonds is 6. The Hall–Kier alpha value is -2.62. The van der Waals surface area contributed by atoms with Gasteiger partial charge in [0.25, 0.3) is 0 Å². The lowest BCUT2D eigenvalue weighted by molar-refractivity contribution is -0.133. The van der Waals surface area contributed by atoms with E-state index in [1.807, 2.05) is 73.3 Å². The number of hydrogen-bond acceptors (Lipinski definition) is 2. The molecular weight excluding hydrogens is 348 g/mol. The summed E-state index contributed by atoms with van der Waals surface area (Å²) in [5, 5.41) is 0. The molecule has 0 unspecified atom stereocenters. The minimum Gasteiger partial charge on any atom is -0.334 e. The van der Waals surface area contributed by atoms with Gasteiger partial charge in [0.15, 0.2) is 0 Å². The fourth-order valence-electron chi connectivity index (χ4n) is 3.27. The van der Waals surface area contributed by atoms with Crippen molar-refractivity contribution in [3.8, 4) is 0 Å². The molecule has 0 saturated heterocycles. The molecule has 2 amide bonds. The van der Waals surface area contributed by atoms with Crippen LogP contribution in [0, 0.1) is 0 Å². The van der Waals surface area contributed by atoms with E-state index in [0.29, 0.717) is 6.54 Å². The summed E-state index contributed by atoms with van der Waals surface area (Å²) in [5.74, 6) is -0.189. The molecule has 4 heteroatoms. The van der Waals surface area contributed by atoms with Crippen LogP contribution >= 0.6 is 0 Å². The van der Waals surface area contributed by atoms with E-state index in [1.165, 1.54) is 6.92 Å². The topological polar surface area (TPSA) is 40.6 Å². The fourth-order valence-corrected chi connectivity index (χ4v) is 3.27. The van der Waals surface area contributed by atoms with Crippen LogP contribution in [-0.4, -0.2) is 29.3 Å². The fraction of sp³-hybridized carbons (Fsp3) is 0.417. The number of carbonyl (C=O) groups is 2. The minimum absolute atomic E-state index is 0.0352. The normalized spacial score (nSPS) is 11.4. The first kappa shape index (κ1) is 21.7. The quantitative estimate of drug-likeness (QED) is 0.724. The molecular formula is C24H32N2O2. The van der Waals surface area contributed by atoms with Crippen molar-refractivity contribution < 1.29 is 9.59 Å². The summed E-state index contributed by atoms with van der Waals surface area (Å²) in [6.45, 7) is 12.4. The van der Waals surface area contributed by atoms with E-state index < -0.39 is 0 Å². The van der Waals surface area contributed by atoms with Gasteiger partial charge < -0.3 is 9.80 Å². The molecule has 0 radical (unpaired) electrons. The molecule has 0 aliphatic carbocycles. The minimum atomic E-state index is -0.131. The van der Waals surface area contributed by atoms with Crippen LogP contribution in [0.4, 0.5) is 5.69 Å². The van der Waals surface area contributed by atoms with Crippen molar-refractivity contribution in [1.82, 2.24) is 4.90 Å². The highest BCUT2D eigenvalue weighted by Gasteiger charge is 2.26. The molecule has 0 saturated carbocycles. The van der Waals surface area contributed by atoms with Gasteiger partial charge >= 0.3 is 0 Å². The molecule has 2 aromatic rings. The van der Waals surface area contributed by atoms with E-state index in [1.54, 1.807) is 4.90 Å². The first-order valence-corrected chi connectivity index (χ1v) is 9.82. The van der Waals surface area contributed by atoms with E-state index in [-0.39, 0.29) is 29.8 Å². The van der Waals surface area contributed by atoms with Gasteiger partial charge in [0.1, 0.15) is 6.54 Å². The van der Waals surface area contributed by atoms with Crippen molar-refractivity contribution in [3.05, 3.63) is 65.7 Å². The summed E-state index contributed by atoms with van der Waals surface area (Å²) < 4.78 is 0.